The maximum absolute atomic E-state index is 13.0. The van der Waals surface area contributed by atoms with Gasteiger partial charge in [-0.3, -0.25) is 14.5 Å². The predicted molar refractivity (Wildman–Crippen MR) is 100.0 cm³/mol. The van der Waals surface area contributed by atoms with Crippen molar-refractivity contribution >= 4 is 17.5 Å². The Morgan fingerprint density at radius 3 is 2.57 bits per heavy atom. The van der Waals surface area contributed by atoms with E-state index in [1.165, 1.54) is 17.2 Å². The van der Waals surface area contributed by atoms with Gasteiger partial charge in [-0.15, -0.1) is 0 Å². The van der Waals surface area contributed by atoms with Crippen LogP contribution in [0.3, 0.4) is 0 Å². The SMILES string of the molecule is CCc1ccc([C@H]2C(C(=O)c3ccco3)=C(O)C(=O)N2c2cc(C)on2)cc1. The highest BCUT2D eigenvalue weighted by molar-refractivity contribution is 6.19. The molecule has 0 bridgehead atoms. The Kier molecular flexibility index (Phi) is 4.35. The number of benzene rings is 1. The highest BCUT2D eigenvalue weighted by atomic mass is 16.5. The number of aliphatic hydroxyl groups excluding tert-OH is 1. The Morgan fingerprint density at radius 1 is 1.25 bits per heavy atom. The summed E-state index contributed by atoms with van der Waals surface area (Å²) in [7, 11) is 0. The van der Waals surface area contributed by atoms with Gasteiger partial charge in [0.15, 0.2) is 17.3 Å². The molecule has 142 valence electrons. The standard InChI is InChI=1S/C21H18N2O5/c1-3-13-6-8-14(9-7-13)18-17(19(24)15-5-4-10-27-15)20(25)21(26)23(18)16-11-12(2)28-22-16/h4-11,18,25H,3H2,1-2H3/t18-/m0/s1. The van der Waals surface area contributed by atoms with Crippen molar-refractivity contribution in [2.45, 2.75) is 26.3 Å². The molecule has 0 unspecified atom stereocenters. The van der Waals surface area contributed by atoms with Crippen LogP contribution in [0.2, 0.25) is 0 Å². The summed E-state index contributed by atoms with van der Waals surface area (Å²) in [6.07, 6.45) is 2.22. The van der Waals surface area contributed by atoms with E-state index in [1.807, 2.05) is 31.2 Å². The third kappa shape index (κ3) is 2.81. The number of rotatable bonds is 5. The summed E-state index contributed by atoms with van der Waals surface area (Å²) in [4.78, 5) is 27.1. The first-order valence-corrected chi connectivity index (χ1v) is 8.88. The Morgan fingerprint density at radius 2 is 2.00 bits per heavy atom. The molecule has 7 nitrogen and oxygen atoms in total. The third-order valence-corrected chi connectivity index (χ3v) is 4.76. The lowest BCUT2D eigenvalue weighted by Crippen LogP contribution is -2.31. The quantitative estimate of drug-likeness (QED) is 0.676. The van der Waals surface area contributed by atoms with Gasteiger partial charge in [0.1, 0.15) is 5.76 Å². The normalized spacial score (nSPS) is 16.9. The van der Waals surface area contributed by atoms with Crippen LogP contribution >= 0.6 is 0 Å². The van der Waals surface area contributed by atoms with Crippen molar-refractivity contribution in [2.75, 3.05) is 4.90 Å². The first-order valence-electron chi connectivity index (χ1n) is 8.88. The van der Waals surface area contributed by atoms with Crippen LogP contribution in [0.4, 0.5) is 5.82 Å². The molecule has 1 amide bonds. The fraction of sp³-hybridized carbons (Fsp3) is 0.190. The van der Waals surface area contributed by atoms with E-state index in [0.29, 0.717) is 11.3 Å². The van der Waals surface area contributed by atoms with E-state index in [2.05, 4.69) is 5.16 Å². The lowest BCUT2D eigenvalue weighted by molar-refractivity contribution is -0.117. The topological polar surface area (TPSA) is 96.8 Å². The fourth-order valence-corrected chi connectivity index (χ4v) is 3.33. The summed E-state index contributed by atoms with van der Waals surface area (Å²) in [5.41, 5.74) is 1.74. The highest BCUT2D eigenvalue weighted by Crippen LogP contribution is 2.41. The molecule has 1 aromatic carbocycles. The van der Waals surface area contributed by atoms with Crippen LogP contribution in [0.5, 0.6) is 0 Å². The maximum Gasteiger partial charge on any atom is 0.295 e. The molecule has 4 rings (SSSR count). The number of aliphatic hydroxyl groups is 1. The number of ketones is 1. The van der Waals surface area contributed by atoms with Gasteiger partial charge in [-0.05, 0) is 36.6 Å². The summed E-state index contributed by atoms with van der Waals surface area (Å²) in [6, 6.07) is 11.3. The monoisotopic (exact) mass is 378 g/mol. The second-order valence-electron chi connectivity index (χ2n) is 6.54. The summed E-state index contributed by atoms with van der Waals surface area (Å²) in [5, 5.41) is 14.5. The van der Waals surface area contributed by atoms with Crippen LogP contribution in [0.15, 0.2) is 69.0 Å². The molecule has 0 aliphatic carbocycles. The molecule has 0 radical (unpaired) electrons. The van der Waals surface area contributed by atoms with Crippen molar-refractivity contribution in [1.29, 1.82) is 0 Å². The fourth-order valence-electron chi connectivity index (χ4n) is 3.33. The van der Waals surface area contributed by atoms with E-state index in [9.17, 15) is 14.7 Å². The van der Waals surface area contributed by atoms with E-state index < -0.39 is 23.5 Å². The van der Waals surface area contributed by atoms with Gasteiger partial charge in [-0.2, -0.15) is 0 Å². The second-order valence-corrected chi connectivity index (χ2v) is 6.54. The van der Waals surface area contributed by atoms with Gasteiger partial charge in [0.25, 0.3) is 5.91 Å². The summed E-state index contributed by atoms with van der Waals surface area (Å²) < 4.78 is 10.3. The number of carbonyl (C=O) groups excluding carboxylic acids is 2. The van der Waals surface area contributed by atoms with Gasteiger partial charge in [0, 0.05) is 6.07 Å². The number of nitrogens with zero attached hydrogens (tertiary/aromatic N) is 2. The van der Waals surface area contributed by atoms with Gasteiger partial charge in [0.05, 0.1) is 17.9 Å². The molecule has 1 atom stereocenters. The third-order valence-electron chi connectivity index (χ3n) is 4.76. The molecule has 0 spiro atoms. The number of amides is 1. The minimum absolute atomic E-state index is 0.0442. The molecule has 7 heteroatoms. The van der Waals surface area contributed by atoms with Gasteiger partial charge in [-0.25, -0.2) is 0 Å². The molecule has 0 saturated heterocycles. The highest BCUT2D eigenvalue weighted by Gasteiger charge is 2.46. The van der Waals surface area contributed by atoms with E-state index in [4.69, 9.17) is 8.94 Å². The average molecular weight is 378 g/mol. The molecule has 1 aliphatic rings. The number of aryl methyl sites for hydroxylation is 2. The Labute approximate surface area is 160 Å². The first-order chi connectivity index (χ1) is 13.5. The first kappa shape index (κ1) is 17.8. The molecule has 1 N–H and O–H groups in total. The van der Waals surface area contributed by atoms with Crippen LogP contribution in [0, 0.1) is 6.92 Å². The summed E-state index contributed by atoms with van der Waals surface area (Å²) >= 11 is 0. The Bertz CT molecular complexity index is 1060. The summed E-state index contributed by atoms with van der Waals surface area (Å²) in [5.74, 6) is -1.11. The lowest BCUT2D eigenvalue weighted by atomic mass is 9.94. The molecule has 3 heterocycles. The molecular formula is C21H18N2O5. The van der Waals surface area contributed by atoms with E-state index >= 15 is 0 Å². The number of hydrogen-bond donors (Lipinski definition) is 1. The number of hydrogen-bond acceptors (Lipinski definition) is 6. The maximum atomic E-state index is 13.0. The Hall–Kier alpha value is -3.61. The molecule has 0 saturated carbocycles. The zero-order valence-corrected chi connectivity index (χ0v) is 15.4. The summed E-state index contributed by atoms with van der Waals surface area (Å²) in [6.45, 7) is 3.74. The van der Waals surface area contributed by atoms with Crippen LogP contribution in [0.1, 0.15) is 40.4 Å². The van der Waals surface area contributed by atoms with E-state index in [0.717, 1.165) is 12.0 Å². The predicted octanol–water partition coefficient (Wildman–Crippen LogP) is 3.92. The smallest absolute Gasteiger partial charge is 0.295 e. The van der Waals surface area contributed by atoms with Crippen molar-refractivity contribution in [2.24, 2.45) is 0 Å². The second kappa shape index (κ2) is 6.84. The van der Waals surface area contributed by atoms with Crippen LogP contribution in [0.25, 0.3) is 0 Å². The molecule has 2 aromatic heterocycles. The van der Waals surface area contributed by atoms with Crippen molar-refractivity contribution in [3.8, 4) is 0 Å². The zero-order valence-electron chi connectivity index (χ0n) is 15.4. The van der Waals surface area contributed by atoms with E-state index in [1.54, 1.807) is 19.1 Å². The van der Waals surface area contributed by atoms with Crippen molar-refractivity contribution < 1.29 is 23.6 Å². The Balaban J connectivity index is 1.86. The number of Topliss-reactive ketones (excluding diaryl/α,β-unsaturated/α-hetero) is 1. The average Bonchev–Trinajstić information content (AvgIpc) is 3.43. The molecule has 1 aliphatic heterocycles. The van der Waals surface area contributed by atoms with Gasteiger partial charge in [0.2, 0.25) is 5.78 Å². The molecule has 3 aromatic rings. The zero-order chi connectivity index (χ0) is 19.8. The van der Waals surface area contributed by atoms with Gasteiger partial charge in [-0.1, -0.05) is 36.3 Å². The lowest BCUT2D eigenvalue weighted by Gasteiger charge is -2.24. The largest absolute Gasteiger partial charge is 0.503 e. The number of furan rings is 1. The van der Waals surface area contributed by atoms with Crippen LogP contribution < -0.4 is 4.90 Å². The minimum Gasteiger partial charge on any atom is -0.503 e. The molecule has 0 fully saturated rings. The van der Waals surface area contributed by atoms with Crippen molar-refractivity contribution in [3.63, 3.8) is 0 Å². The molecule has 28 heavy (non-hydrogen) atoms. The van der Waals surface area contributed by atoms with Crippen molar-refractivity contribution in [3.05, 3.63) is 82.7 Å². The van der Waals surface area contributed by atoms with Crippen LogP contribution in [-0.4, -0.2) is 22.0 Å². The number of carbonyl (C=O) groups is 2. The van der Waals surface area contributed by atoms with Crippen molar-refractivity contribution in [1.82, 2.24) is 5.16 Å². The van der Waals surface area contributed by atoms with Gasteiger partial charge >= 0.3 is 0 Å². The number of aromatic nitrogens is 1. The molecular weight excluding hydrogens is 360 g/mol. The number of anilines is 1. The minimum atomic E-state index is -0.847. The van der Waals surface area contributed by atoms with E-state index in [-0.39, 0.29) is 17.2 Å². The van der Waals surface area contributed by atoms with Crippen LogP contribution in [-0.2, 0) is 11.2 Å². The van der Waals surface area contributed by atoms with Gasteiger partial charge < -0.3 is 14.0 Å².